The molecule has 2 fully saturated rings. The molecule has 27 heavy (non-hydrogen) atoms. The van der Waals surface area contributed by atoms with Crippen LogP contribution in [0.15, 0.2) is 33.9 Å². The van der Waals surface area contributed by atoms with Crippen molar-refractivity contribution in [3.05, 3.63) is 30.2 Å². The molecule has 3 atom stereocenters. The lowest BCUT2D eigenvalue weighted by atomic mass is 9.95. The van der Waals surface area contributed by atoms with Crippen LogP contribution in [0.1, 0.15) is 31.6 Å². The van der Waals surface area contributed by atoms with Gasteiger partial charge in [-0.3, -0.25) is 4.79 Å². The van der Waals surface area contributed by atoms with Gasteiger partial charge in [-0.2, -0.15) is 0 Å². The zero-order valence-electron chi connectivity index (χ0n) is 15.2. The van der Waals surface area contributed by atoms with E-state index in [9.17, 15) is 4.79 Å². The largest absolute Gasteiger partial charge is 0.497 e. The molecule has 7 nitrogen and oxygen atoms in total. The molecule has 1 N–H and O–H groups in total. The predicted molar refractivity (Wildman–Crippen MR) is 99.7 cm³/mol. The van der Waals surface area contributed by atoms with E-state index in [1.807, 2.05) is 18.2 Å². The van der Waals surface area contributed by atoms with Crippen molar-refractivity contribution in [2.24, 2.45) is 11.8 Å². The highest BCUT2D eigenvalue weighted by molar-refractivity contribution is 7.99. The number of hydrogen-bond acceptors (Lipinski definition) is 7. The summed E-state index contributed by atoms with van der Waals surface area (Å²) in [6.45, 7) is 0.165. The lowest BCUT2D eigenvalue weighted by Gasteiger charge is -2.22. The highest BCUT2D eigenvalue weighted by atomic mass is 32.2. The number of rotatable bonds is 8. The van der Waals surface area contributed by atoms with E-state index in [2.05, 4.69) is 15.5 Å². The Balaban J connectivity index is 1.21. The third-order valence-electron chi connectivity index (χ3n) is 5.26. The van der Waals surface area contributed by atoms with Gasteiger partial charge in [0.25, 0.3) is 11.1 Å². The number of thioether (sulfide) groups is 1. The number of nitrogens with one attached hydrogen (secondary N) is 1. The number of benzene rings is 1. The van der Waals surface area contributed by atoms with E-state index in [4.69, 9.17) is 13.9 Å². The van der Waals surface area contributed by atoms with E-state index in [0.29, 0.717) is 28.8 Å². The topological polar surface area (TPSA) is 86.5 Å². The van der Waals surface area contributed by atoms with Crippen molar-refractivity contribution >= 4 is 17.7 Å². The molecule has 0 aliphatic heterocycles. The van der Waals surface area contributed by atoms with Crippen LogP contribution in [0.5, 0.6) is 11.5 Å². The first-order chi connectivity index (χ1) is 13.2. The molecule has 2 bridgehead atoms. The fraction of sp³-hybridized carbons (Fsp3) is 0.526. The Morgan fingerprint density at radius 3 is 2.96 bits per heavy atom. The van der Waals surface area contributed by atoms with Gasteiger partial charge in [0.15, 0.2) is 6.61 Å². The van der Waals surface area contributed by atoms with E-state index in [1.165, 1.54) is 31.0 Å². The molecule has 2 aliphatic carbocycles. The van der Waals surface area contributed by atoms with E-state index in [1.54, 1.807) is 13.2 Å². The minimum Gasteiger partial charge on any atom is -0.497 e. The Morgan fingerprint density at radius 2 is 2.19 bits per heavy atom. The second-order valence-electron chi connectivity index (χ2n) is 7.07. The first-order valence-electron chi connectivity index (χ1n) is 9.21. The van der Waals surface area contributed by atoms with Crippen molar-refractivity contribution in [3.8, 4) is 11.5 Å². The molecule has 0 spiro atoms. The van der Waals surface area contributed by atoms with E-state index in [-0.39, 0.29) is 18.3 Å². The Kier molecular flexibility index (Phi) is 5.52. The first-order valence-corrected chi connectivity index (χ1v) is 10.2. The van der Waals surface area contributed by atoms with Crippen molar-refractivity contribution in [3.63, 3.8) is 0 Å². The highest BCUT2D eigenvalue weighted by Crippen LogP contribution is 2.44. The zero-order valence-corrected chi connectivity index (χ0v) is 16.0. The molecule has 0 radical (unpaired) electrons. The molecule has 1 aromatic heterocycles. The normalized spacial score (nSPS) is 23.4. The SMILES string of the molecule is COc1cccc(OCc2nnc(SCC(=O)N[C@@H]3C[C@H]4CC[C@@H]3C4)o2)c1. The molecule has 144 valence electrons. The van der Waals surface area contributed by atoms with Crippen molar-refractivity contribution in [2.75, 3.05) is 12.9 Å². The van der Waals surface area contributed by atoms with Crippen molar-refractivity contribution in [2.45, 2.75) is 43.6 Å². The molecular formula is C19H23N3O4S. The highest BCUT2D eigenvalue weighted by Gasteiger charge is 2.40. The summed E-state index contributed by atoms with van der Waals surface area (Å²) in [4.78, 5) is 12.2. The maximum atomic E-state index is 12.2. The van der Waals surface area contributed by atoms with Crippen LogP contribution in [0, 0.1) is 11.8 Å². The lowest BCUT2D eigenvalue weighted by molar-refractivity contribution is -0.119. The zero-order chi connectivity index (χ0) is 18.6. The molecule has 0 saturated heterocycles. The second-order valence-corrected chi connectivity index (χ2v) is 7.99. The fourth-order valence-corrected chi connectivity index (χ4v) is 4.58. The number of amides is 1. The summed E-state index contributed by atoms with van der Waals surface area (Å²) in [6.07, 6.45) is 4.99. The van der Waals surface area contributed by atoms with Gasteiger partial charge in [0, 0.05) is 12.1 Å². The minimum atomic E-state index is 0.0323. The molecule has 2 aromatic rings. The van der Waals surface area contributed by atoms with Crippen molar-refractivity contribution in [1.29, 1.82) is 0 Å². The fourth-order valence-electron chi connectivity index (χ4n) is 3.99. The van der Waals surface area contributed by atoms with Crippen molar-refractivity contribution < 1.29 is 18.7 Å². The second kappa shape index (κ2) is 8.21. The van der Waals surface area contributed by atoms with Crippen LogP contribution in [0.3, 0.4) is 0 Å². The quantitative estimate of drug-likeness (QED) is 0.694. The summed E-state index contributed by atoms with van der Waals surface area (Å²) >= 11 is 1.25. The third-order valence-corrected chi connectivity index (χ3v) is 6.08. The monoisotopic (exact) mass is 389 g/mol. The Hall–Kier alpha value is -2.22. The van der Waals surface area contributed by atoms with Gasteiger partial charge < -0.3 is 19.2 Å². The van der Waals surface area contributed by atoms with Crippen LogP contribution in [0.4, 0.5) is 0 Å². The van der Waals surface area contributed by atoms with Gasteiger partial charge in [0.2, 0.25) is 5.91 Å². The van der Waals surface area contributed by atoms with Crippen LogP contribution >= 0.6 is 11.8 Å². The van der Waals surface area contributed by atoms with Crippen LogP contribution in [-0.4, -0.2) is 35.0 Å². The van der Waals surface area contributed by atoms with Gasteiger partial charge >= 0.3 is 0 Å². The van der Waals surface area contributed by atoms with Gasteiger partial charge in [0.1, 0.15) is 11.5 Å². The number of methoxy groups -OCH3 is 1. The standard InChI is InChI=1S/C19H23N3O4S/c1-24-14-3-2-4-15(9-14)25-10-18-21-22-19(26-18)27-11-17(23)20-16-8-12-5-6-13(16)7-12/h2-4,9,12-13,16H,5-8,10-11H2,1H3,(H,20,23)/t12-,13+,16+/m0/s1. The summed E-state index contributed by atoms with van der Waals surface area (Å²) in [7, 11) is 1.61. The van der Waals surface area contributed by atoms with Crippen LogP contribution in [-0.2, 0) is 11.4 Å². The van der Waals surface area contributed by atoms with Gasteiger partial charge in [-0.25, -0.2) is 0 Å². The van der Waals surface area contributed by atoms with Gasteiger partial charge in [0.05, 0.1) is 12.9 Å². The number of nitrogens with zero attached hydrogens (tertiary/aromatic N) is 2. The van der Waals surface area contributed by atoms with Gasteiger partial charge in [-0.05, 0) is 43.2 Å². The maximum absolute atomic E-state index is 12.2. The molecule has 1 heterocycles. The Labute approximate surface area is 162 Å². The van der Waals surface area contributed by atoms with Crippen LogP contribution < -0.4 is 14.8 Å². The summed E-state index contributed by atoms with van der Waals surface area (Å²) in [6, 6.07) is 7.65. The Bertz CT molecular complexity index is 797. The summed E-state index contributed by atoms with van der Waals surface area (Å²) in [5.41, 5.74) is 0. The molecule has 4 rings (SSSR count). The van der Waals surface area contributed by atoms with Crippen LogP contribution in [0.25, 0.3) is 0 Å². The first kappa shape index (κ1) is 18.2. The molecule has 2 aliphatic rings. The number of carbonyl (C=O) groups excluding carboxylic acids is 1. The van der Waals surface area contributed by atoms with E-state index < -0.39 is 0 Å². The summed E-state index contributed by atoms with van der Waals surface area (Å²) in [5.74, 6) is 3.55. The number of carbonyl (C=O) groups is 1. The number of fused-ring (bicyclic) bond motifs is 2. The molecule has 2 saturated carbocycles. The molecule has 0 unspecified atom stereocenters. The number of ether oxygens (including phenoxy) is 2. The smallest absolute Gasteiger partial charge is 0.277 e. The average molecular weight is 389 g/mol. The van der Waals surface area contributed by atoms with Crippen LogP contribution in [0.2, 0.25) is 0 Å². The van der Waals surface area contributed by atoms with E-state index in [0.717, 1.165) is 18.1 Å². The minimum absolute atomic E-state index is 0.0323. The number of aromatic nitrogens is 2. The van der Waals surface area contributed by atoms with E-state index >= 15 is 0 Å². The van der Waals surface area contributed by atoms with Gasteiger partial charge in [-0.1, -0.05) is 24.2 Å². The summed E-state index contributed by atoms with van der Waals surface area (Å²) < 4.78 is 16.3. The maximum Gasteiger partial charge on any atom is 0.277 e. The predicted octanol–water partition coefficient (Wildman–Crippen LogP) is 3.05. The molecule has 8 heteroatoms. The average Bonchev–Trinajstić information content (AvgIpc) is 3.42. The summed E-state index contributed by atoms with van der Waals surface area (Å²) in [5, 5.41) is 11.5. The Morgan fingerprint density at radius 1 is 1.30 bits per heavy atom. The van der Waals surface area contributed by atoms with Crippen molar-refractivity contribution in [1.82, 2.24) is 15.5 Å². The molecular weight excluding hydrogens is 366 g/mol. The molecule has 1 aromatic carbocycles. The molecule has 1 amide bonds. The van der Waals surface area contributed by atoms with Gasteiger partial charge in [-0.15, -0.1) is 10.2 Å². The lowest BCUT2D eigenvalue weighted by Crippen LogP contribution is -2.39. The third kappa shape index (κ3) is 4.55. The number of hydrogen-bond donors (Lipinski definition) is 1.